The molecule has 0 aromatic heterocycles. The molecule has 1 fully saturated rings. The Morgan fingerprint density at radius 1 is 0.363 bits per heavy atom. The van der Waals surface area contributed by atoms with Crippen LogP contribution in [0.5, 0.6) is 17.2 Å². The molecule has 15 atom stereocenters. The van der Waals surface area contributed by atoms with Crippen LogP contribution < -0.4 is 119 Å². The van der Waals surface area contributed by atoms with E-state index in [0.717, 1.165) is 0 Å². The number of carboxylic acids is 3. The second-order valence-corrected chi connectivity index (χ2v) is 34.8. The largest absolute Gasteiger partial charge is 0.508 e. The van der Waals surface area contributed by atoms with E-state index < -0.39 is 278 Å². The predicted octanol–water partition coefficient (Wildman–Crippen LogP) is -7.35. The number of unbranched alkanes of at least 4 members (excludes halogenated alkanes) is 1. The number of thiol groups is 3. The number of aliphatic carboxylic acids is 3. The van der Waals surface area contributed by atoms with Gasteiger partial charge in [0.25, 0.3) is 0 Å². The number of nitrogens with zero attached hydrogens (tertiary/aromatic N) is 1. The van der Waals surface area contributed by atoms with Crippen molar-refractivity contribution in [3.8, 4) is 17.2 Å². The molecule has 1 aliphatic rings. The highest BCUT2D eigenvalue weighted by Gasteiger charge is 2.43. The van der Waals surface area contributed by atoms with E-state index in [1.165, 1.54) is 102 Å². The van der Waals surface area contributed by atoms with Gasteiger partial charge in [-0.3, -0.25) is 102 Å². The van der Waals surface area contributed by atoms with Crippen molar-refractivity contribution in [2.24, 2.45) is 28.7 Å². The van der Waals surface area contributed by atoms with Crippen molar-refractivity contribution in [2.75, 3.05) is 56.5 Å². The first kappa shape index (κ1) is 119. The first-order valence-electron chi connectivity index (χ1n) is 46.0. The van der Waals surface area contributed by atoms with Crippen LogP contribution in [0.1, 0.15) is 111 Å². The third-order valence-electron chi connectivity index (χ3n) is 22.4. The average Bonchev–Trinajstić information content (AvgIpc) is 1.70. The van der Waals surface area contributed by atoms with E-state index in [1.807, 2.05) is 0 Å². The van der Waals surface area contributed by atoms with E-state index in [4.69, 9.17) is 39.5 Å². The number of carbonyl (C=O) groups excluding carboxylic acids is 17. The molecule has 792 valence electrons. The minimum Gasteiger partial charge on any atom is -0.508 e. The van der Waals surface area contributed by atoms with Crippen molar-refractivity contribution >= 4 is 168 Å². The van der Waals surface area contributed by atoms with E-state index >= 15 is 0 Å². The number of likely N-dealkylation sites (tertiary alicyclic amines) is 1. The molecule has 5 aromatic carbocycles. The topological polar surface area (TPSA) is 848 Å². The van der Waals surface area contributed by atoms with Gasteiger partial charge in [-0.2, -0.15) is 37.9 Å². The zero-order chi connectivity index (χ0) is 108. The number of primary amides is 1. The Hall–Kier alpha value is -15.6. The number of carbonyl (C=O) groups is 20. The quantitative estimate of drug-likeness (QED) is 0.00744. The monoisotopic (exact) mass is 2090 g/mol. The van der Waals surface area contributed by atoms with Gasteiger partial charge < -0.3 is 155 Å². The normalized spacial score (nSPS) is 14.8. The maximum absolute atomic E-state index is 15.0. The van der Waals surface area contributed by atoms with Crippen LogP contribution in [0.2, 0.25) is 0 Å². The fourth-order valence-corrected chi connectivity index (χ4v) is 15.4. The Morgan fingerprint density at radius 2 is 0.712 bits per heavy atom. The molecule has 1 saturated heterocycles. The average molecular weight is 2090 g/mol. The summed E-state index contributed by atoms with van der Waals surface area (Å²) in [6.07, 6.45) is -4.14. The Bertz CT molecular complexity index is 5380. The van der Waals surface area contributed by atoms with Crippen molar-refractivity contribution in [1.29, 1.82) is 10.8 Å². The Morgan fingerprint density at radius 3 is 1.13 bits per heavy atom. The van der Waals surface area contributed by atoms with Gasteiger partial charge in [0.2, 0.25) is 100 Å². The van der Waals surface area contributed by atoms with Crippen LogP contribution in [0.4, 0.5) is 0 Å². The number of phenolic OH excluding ortho intramolecular Hbond substituents is 3. The van der Waals surface area contributed by atoms with Gasteiger partial charge in [-0.05, 0) is 129 Å². The maximum atomic E-state index is 15.0. The molecule has 0 unspecified atom stereocenters. The Balaban J connectivity index is 1.16. The Kier molecular flexibility index (Phi) is 50.1. The van der Waals surface area contributed by atoms with Gasteiger partial charge in [0.05, 0.1) is 38.4 Å². The number of hydrogen-bond donors (Lipinski definition) is 33. The second kappa shape index (κ2) is 61.4. The van der Waals surface area contributed by atoms with Gasteiger partial charge in [-0.25, -0.2) is 4.79 Å². The highest BCUT2D eigenvalue weighted by molar-refractivity contribution is 7.80. The van der Waals surface area contributed by atoms with E-state index in [-0.39, 0.29) is 135 Å². The summed E-state index contributed by atoms with van der Waals surface area (Å²) in [6, 6.07) is 6.41. The first-order valence-corrected chi connectivity index (χ1v) is 47.9. The van der Waals surface area contributed by atoms with Crippen molar-refractivity contribution in [1.82, 2.24) is 95.3 Å². The van der Waals surface area contributed by atoms with E-state index in [9.17, 15) is 127 Å². The van der Waals surface area contributed by atoms with Crippen LogP contribution in [0.15, 0.2) is 133 Å². The Labute approximate surface area is 853 Å². The third-order valence-corrected chi connectivity index (χ3v) is 23.5. The summed E-state index contributed by atoms with van der Waals surface area (Å²) in [5.41, 5.74) is 29.3. The molecule has 35 N–H and O–H groups in total. The molecule has 5 aromatic rings. The molecule has 0 radical (unpaired) electrons. The number of guanidine groups is 2. The van der Waals surface area contributed by atoms with Gasteiger partial charge in [0.15, 0.2) is 11.9 Å². The minimum absolute atomic E-state index is 0.0112. The molecule has 0 bridgehead atoms. The summed E-state index contributed by atoms with van der Waals surface area (Å²) in [5.74, 6) is -25.8. The predicted molar refractivity (Wildman–Crippen MR) is 534 cm³/mol. The summed E-state index contributed by atoms with van der Waals surface area (Å²) in [6.45, 7) is -1.60. The van der Waals surface area contributed by atoms with Crippen molar-refractivity contribution < 1.29 is 127 Å². The van der Waals surface area contributed by atoms with Gasteiger partial charge >= 0.3 is 17.9 Å². The SMILES string of the molecule is N=C(N)NCCC[C@H](NC(=O)[C@@H]1CCCN1C(=O)[C@H](CCCNC(=N)N)NC(=O)[C@H](CS)NC(=O)[C@@H](NC(=O)[C@H](CCCCN)NC(=O)[C@H](CC(N)=O)NC(=O)[C@H](CS)NC(=O)CNC(=O)[C@H](Cc1ccccc1)NC(=O)CNC(=O)[C@H](Cc1ccc(O)cc1)NC(=O)[C@H](Cc1ccc(O)cc1)NC(=O)[C@H](Cc1ccc(O)cc1)NC(=O)[C@H](CC(=O)O)NC(=O)[C@H](CC(=O)O)NC(=O)[C@@H](N)CS)c1ccccc1)C(=O)O. The lowest BCUT2D eigenvalue weighted by Gasteiger charge is -2.30. The summed E-state index contributed by atoms with van der Waals surface area (Å²) in [7, 11) is 0. The minimum atomic E-state index is -2.11. The summed E-state index contributed by atoms with van der Waals surface area (Å²) >= 11 is 12.5. The van der Waals surface area contributed by atoms with E-state index in [1.54, 1.807) is 36.4 Å². The van der Waals surface area contributed by atoms with E-state index in [0.29, 0.717) is 12.0 Å². The molecular weight excluding hydrogens is 1970 g/mol. The molecule has 0 aliphatic carbocycles. The highest BCUT2D eigenvalue weighted by Crippen LogP contribution is 2.24. The number of aromatic hydroxyl groups is 3. The molecule has 0 spiro atoms. The lowest BCUT2D eigenvalue weighted by atomic mass is 10.0. The number of amides is 17. The maximum Gasteiger partial charge on any atom is 0.326 e. The highest BCUT2D eigenvalue weighted by atomic mass is 32.1. The number of nitrogens with one attached hydrogen (secondary N) is 19. The van der Waals surface area contributed by atoms with Crippen LogP contribution >= 0.6 is 37.9 Å². The van der Waals surface area contributed by atoms with Crippen LogP contribution in [0.3, 0.4) is 0 Å². The fourth-order valence-electron chi connectivity index (χ4n) is 14.7. The van der Waals surface area contributed by atoms with Crippen molar-refractivity contribution in [3.63, 3.8) is 0 Å². The number of nitrogens with two attached hydrogens (primary N) is 5. The molecule has 17 amide bonds. The summed E-state index contributed by atoms with van der Waals surface area (Å²) in [5, 5.41) is 117. The van der Waals surface area contributed by atoms with E-state index in [2.05, 4.69) is 128 Å². The third kappa shape index (κ3) is 41.8. The molecule has 146 heavy (non-hydrogen) atoms. The number of benzene rings is 5. The second-order valence-electron chi connectivity index (χ2n) is 33.7. The summed E-state index contributed by atoms with van der Waals surface area (Å²) in [4.78, 5) is 278. The standard InChI is InChI=1S/C92H125N25O26S3/c93-32-8-7-16-57(79(131)116-75(52-14-5-2-6-15-52)88(140)115-68(47-146)86(138)107-58(17-9-33-100-91(96)97)89(141)117-35-11-19-69(117)87(139)108-59(90(142)143)18-10-34-101-92(98)99)106-82(134)64(40-70(95)121)113-85(137)67(46-145)105-72(123)44-102-77(129)60(36-48-12-3-1-4-13-48)104-71(122)43-103-78(130)61(37-49-20-26-53(118)27-21-49)110-80(132)62(38-50-22-28-54(119)29-23-50)111-81(133)63(39-51-24-30-55(120)31-25-51)112-84(136)66(42-74(126)127)114-83(135)65(41-73(124)125)109-76(128)56(94)45-144/h1-6,12-15,20-31,56-69,75,118-120,144-146H,7-11,16-19,32-47,93-94H2,(H2,95,121)(H,102,129)(H,103,130)(H,104,122)(H,105,123)(H,106,134)(H,107,138)(H,108,139)(H,109,128)(H,110,132)(H,111,133)(H,112,136)(H,113,137)(H,114,135)(H,115,140)(H,116,131)(H,124,125)(H,126,127)(H,142,143)(H4,96,97,100)(H4,98,99,101)/t56-,57-,58-,59-,60-,61-,62-,63-,64-,65-,66-,67-,68-,69-,75-/m0/s1. The lowest BCUT2D eigenvalue weighted by Crippen LogP contribution is -2.60. The van der Waals surface area contributed by atoms with Crippen molar-refractivity contribution in [3.05, 3.63) is 161 Å². The zero-order valence-corrected chi connectivity index (χ0v) is 81.7. The number of hydrogen-bond acceptors (Lipinski definition) is 30. The van der Waals surface area contributed by atoms with Crippen molar-refractivity contribution in [2.45, 2.75) is 193 Å². The van der Waals surface area contributed by atoms with Gasteiger partial charge in [0.1, 0.15) is 102 Å². The van der Waals surface area contributed by atoms with Crippen LogP contribution in [-0.2, 0) is 122 Å². The molecule has 0 saturated carbocycles. The molecule has 51 nitrogen and oxygen atoms in total. The molecule has 6 rings (SSSR count). The molecule has 1 aliphatic heterocycles. The van der Waals surface area contributed by atoms with Gasteiger partial charge in [-0.15, -0.1) is 0 Å². The first-order chi connectivity index (χ1) is 69.4. The summed E-state index contributed by atoms with van der Waals surface area (Å²) < 4.78 is 0. The number of phenols is 3. The van der Waals surface area contributed by atoms with Crippen LogP contribution in [0, 0.1) is 10.8 Å². The zero-order valence-electron chi connectivity index (χ0n) is 79.1. The smallest absolute Gasteiger partial charge is 0.326 e. The lowest BCUT2D eigenvalue weighted by molar-refractivity contribution is -0.145. The molecular formula is C92H125N25O26S3. The number of rotatable bonds is 62. The van der Waals surface area contributed by atoms with Gasteiger partial charge in [0, 0.05) is 62.6 Å². The van der Waals surface area contributed by atoms with Crippen LogP contribution in [0.25, 0.3) is 0 Å². The molecule has 54 heteroatoms. The van der Waals surface area contributed by atoms with Gasteiger partial charge in [-0.1, -0.05) is 97.1 Å². The fraction of sp³-hybridized carbons (Fsp3) is 0.435. The van der Waals surface area contributed by atoms with Crippen LogP contribution in [-0.4, -0.2) is 307 Å². The number of carboxylic acid groups (broad SMARTS) is 3. The molecule has 1 heterocycles.